The first-order valence-electron chi connectivity index (χ1n) is 4.96. The van der Waals surface area contributed by atoms with Crippen molar-refractivity contribution >= 4 is 5.91 Å². The number of carbonyl (C=O) groups is 1. The topological polar surface area (TPSA) is 49.8 Å². The van der Waals surface area contributed by atoms with Crippen LogP contribution in [0.4, 0.5) is 0 Å². The van der Waals surface area contributed by atoms with Gasteiger partial charge in [0.2, 0.25) is 5.91 Å². The highest BCUT2D eigenvalue weighted by atomic mass is 16.5. The van der Waals surface area contributed by atoms with Gasteiger partial charge in [-0.05, 0) is 0 Å². The minimum atomic E-state index is -0.384. The summed E-state index contributed by atoms with van der Waals surface area (Å²) in [7, 11) is 0. The molecule has 82 valence electrons. The first kappa shape index (κ1) is 11.5. The summed E-state index contributed by atoms with van der Waals surface area (Å²) in [6, 6.07) is -0.171. The van der Waals surface area contributed by atoms with Gasteiger partial charge in [-0.2, -0.15) is 0 Å². The molecule has 4 heteroatoms. The molecule has 1 amide bonds. The number of nitrogens with zero attached hydrogens (tertiary/aromatic N) is 1. The Kier molecular flexibility index (Phi) is 3.50. The van der Waals surface area contributed by atoms with E-state index in [0.717, 1.165) is 0 Å². The Hall–Kier alpha value is -0.610. The molecule has 1 heterocycles. The van der Waals surface area contributed by atoms with Crippen LogP contribution >= 0.6 is 0 Å². The van der Waals surface area contributed by atoms with Gasteiger partial charge >= 0.3 is 0 Å². The summed E-state index contributed by atoms with van der Waals surface area (Å²) in [5.74, 6) is 0.0832. The molecule has 0 spiro atoms. The number of rotatable bonds is 1. The predicted octanol–water partition coefficient (Wildman–Crippen LogP) is 0.252. The van der Waals surface area contributed by atoms with Crippen LogP contribution in [0.1, 0.15) is 20.8 Å². The first-order valence-corrected chi connectivity index (χ1v) is 4.96. The van der Waals surface area contributed by atoms with Gasteiger partial charge in [0.1, 0.15) is 0 Å². The van der Waals surface area contributed by atoms with Crippen molar-refractivity contribution in [2.75, 3.05) is 26.4 Å². The first-order chi connectivity index (χ1) is 6.46. The molecule has 1 saturated heterocycles. The van der Waals surface area contributed by atoms with E-state index in [2.05, 4.69) is 0 Å². The maximum Gasteiger partial charge on any atom is 0.228 e. The zero-order valence-corrected chi connectivity index (χ0v) is 9.12. The van der Waals surface area contributed by atoms with Crippen LogP contribution in [0.25, 0.3) is 0 Å². The average molecular weight is 201 g/mol. The molecule has 0 radical (unpaired) electrons. The highest BCUT2D eigenvalue weighted by Crippen LogP contribution is 2.20. The Morgan fingerprint density at radius 2 is 2.21 bits per heavy atom. The highest BCUT2D eigenvalue weighted by Gasteiger charge is 2.33. The Labute approximate surface area is 84.8 Å². The SMILES string of the molecule is CC(C)(C)C(=O)N1CCOCC1CO. The molecule has 4 nitrogen and oxygen atoms in total. The van der Waals surface area contributed by atoms with Crippen LogP contribution < -0.4 is 0 Å². The van der Waals surface area contributed by atoms with Gasteiger partial charge in [0.05, 0.1) is 25.9 Å². The standard InChI is InChI=1S/C10H19NO3/c1-10(2,3)9(13)11-4-5-14-7-8(11)6-12/h8,12H,4-7H2,1-3H3. The van der Waals surface area contributed by atoms with E-state index in [1.807, 2.05) is 20.8 Å². The van der Waals surface area contributed by atoms with Crippen molar-refractivity contribution in [1.29, 1.82) is 0 Å². The summed E-state index contributed by atoms with van der Waals surface area (Å²) in [6.45, 7) is 7.23. The van der Waals surface area contributed by atoms with Crippen molar-refractivity contribution in [2.45, 2.75) is 26.8 Å². The lowest BCUT2D eigenvalue weighted by Gasteiger charge is -2.38. The van der Waals surface area contributed by atoms with Gasteiger partial charge < -0.3 is 14.7 Å². The summed E-state index contributed by atoms with van der Waals surface area (Å²) < 4.78 is 5.21. The molecule has 1 rings (SSSR count). The third-order valence-electron chi connectivity index (χ3n) is 2.34. The van der Waals surface area contributed by atoms with E-state index < -0.39 is 0 Å². The Morgan fingerprint density at radius 1 is 1.57 bits per heavy atom. The van der Waals surface area contributed by atoms with Crippen LogP contribution in [-0.2, 0) is 9.53 Å². The second-order valence-corrected chi connectivity index (χ2v) is 4.66. The largest absolute Gasteiger partial charge is 0.394 e. The van der Waals surface area contributed by atoms with Gasteiger partial charge in [-0.25, -0.2) is 0 Å². The van der Waals surface area contributed by atoms with Gasteiger partial charge in [0, 0.05) is 12.0 Å². The quantitative estimate of drug-likeness (QED) is 0.661. The van der Waals surface area contributed by atoms with Gasteiger partial charge in [-0.3, -0.25) is 4.79 Å². The number of amides is 1. The van der Waals surface area contributed by atoms with Crippen LogP contribution in [0.5, 0.6) is 0 Å². The fraction of sp³-hybridized carbons (Fsp3) is 0.900. The molecule has 0 aromatic carbocycles. The molecule has 1 atom stereocenters. The summed E-state index contributed by atoms with van der Waals surface area (Å²) in [5.41, 5.74) is -0.384. The van der Waals surface area contributed by atoms with E-state index >= 15 is 0 Å². The molecular formula is C10H19NO3. The smallest absolute Gasteiger partial charge is 0.228 e. The van der Waals surface area contributed by atoms with Gasteiger partial charge in [-0.1, -0.05) is 20.8 Å². The number of aliphatic hydroxyl groups is 1. The average Bonchev–Trinajstić information content (AvgIpc) is 2.15. The minimum Gasteiger partial charge on any atom is -0.394 e. The number of aliphatic hydroxyl groups excluding tert-OH is 1. The normalized spacial score (nSPS) is 23.7. The van der Waals surface area contributed by atoms with Gasteiger partial charge in [-0.15, -0.1) is 0 Å². The lowest BCUT2D eigenvalue weighted by molar-refractivity contribution is -0.150. The summed E-state index contributed by atoms with van der Waals surface area (Å²) >= 11 is 0. The number of hydrogen-bond donors (Lipinski definition) is 1. The third-order valence-corrected chi connectivity index (χ3v) is 2.34. The number of carbonyl (C=O) groups excluding carboxylic acids is 1. The number of ether oxygens (including phenoxy) is 1. The molecule has 14 heavy (non-hydrogen) atoms. The molecule has 1 aliphatic rings. The van der Waals surface area contributed by atoms with Crippen molar-refractivity contribution in [3.8, 4) is 0 Å². The highest BCUT2D eigenvalue weighted by molar-refractivity contribution is 5.81. The molecular weight excluding hydrogens is 182 g/mol. The number of hydrogen-bond acceptors (Lipinski definition) is 3. The van der Waals surface area contributed by atoms with E-state index in [4.69, 9.17) is 9.84 Å². The molecule has 0 bridgehead atoms. The Morgan fingerprint density at radius 3 is 2.71 bits per heavy atom. The molecule has 1 aliphatic heterocycles. The van der Waals surface area contributed by atoms with Crippen LogP contribution in [0.3, 0.4) is 0 Å². The summed E-state index contributed by atoms with van der Waals surface area (Å²) in [6.07, 6.45) is 0. The summed E-state index contributed by atoms with van der Waals surface area (Å²) in [4.78, 5) is 13.7. The maximum atomic E-state index is 11.9. The van der Waals surface area contributed by atoms with Gasteiger partial charge in [0.25, 0.3) is 0 Å². The van der Waals surface area contributed by atoms with Gasteiger partial charge in [0.15, 0.2) is 0 Å². The van der Waals surface area contributed by atoms with Crippen molar-refractivity contribution < 1.29 is 14.6 Å². The second-order valence-electron chi connectivity index (χ2n) is 4.66. The number of morpholine rings is 1. The Balaban J connectivity index is 2.69. The van der Waals surface area contributed by atoms with E-state index in [0.29, 0.717) is 19.8 Å². The van der Waals surface area contributed by atoms with Crippen molar-refractivity contribution in [3.05, 3.63) is 0 Å². The third kappa shape index (κ3) is 2.45. The lowest BCUT2D eigenvalue weighted by atomic mass is 9.93. The lowest BCUT2D eigenvalue weighted by Crippen LogP contribution is -2.53. The monoisotopic (exact) mass is 201 g/mol. The van der Waals surface area contributed by atoms with Crippen molar-refractivity contribution in [3.63, 3.8) is 0 Å². The molecule has 1 unspecified atom stereocenters. The van der Waals surface area contributed by atoms with Crippen LogP contribution in [-0.4, -0.2) is 48.3 Å². The van der Waals surface area contributed by atoms with E-state index in [-0.39, 0.29) is 24.0 Å². The predicted molar refractivity (Wildman–Crippen MR) is 52.9 cm³/mol. The maximum absolute atomic E-state index is 11.9. The second kappa shape index (κ2) is 4.28. The molecule has 0 saturated carbocycles. The van der Waals surface area contributed by atoms with Crippen molar-refractivity contribution in [1.82, 2.24) is 4.90 Å². The fourth-order valence-corrected chi connectivity index (χ4v) is 1.50. The molecule has 0 aromatic heterocycles. The molecule has 1 N–H and O–H groups in total. The van der Waals surface area contributed by atoms with Crippen LogP contribution in [0, 0.1) is 5.41 Å². The fourth-order valence-electron chi connectivity index (χ4n) is 1.50. The summed E-state index contributed by atoms with van der Waals surface area (Å²) in [5, 5.41) is 9.10. The van der Waals surface area contributed by atoms with E-state index in [1.54, 1.807) is 4.90 Å². The zero-order valence-electron chi connectivity index (χ0n) is 9.12. The minimum absolute atomic E-state index is 0.0260. The van der Waals surface area contributed by atoms with E-state index in [9.17, 15) is 4.79 Å². The van der Waals surface area contributed by atoms with Crippen molar-refractivity contribution in [2.24, 2.45) is 5.41 Å². The van der Waals surface area contributed by atoms with E-state index in [1.165, 1.54) is 0 Å². The Bertz CT molecular complexity index is 210. The molecule has 1 fully saturated rings. The van der Waals surface area contributed by atoms with Crippen LogP contribution in [0.15, 0.2) is 0 Å². The molecule has 0 aliphatic carbocycles. The van der Waals surface area contributed by atoms with Crippen LogP contribution in [0.2, 0.25) is 0 Å². The zero-order chi connectivity index (χ0) is 10.8. The molecule has 0 aromatic rings.